The largest absolute Gasteiger partial charge is 0.491 e. The number of ether oxygens (including phenoxy) is 1. The molecule has 27 heavy (non-hydrogen) atoms. The molecule has 0 amide bonds. The summed E-state index contributed by atoms with van der Waals surface area (Å²) in [5.41, 5.74) is 7.42. The fourth-order valence-corrected chi connectivity index (χ4v) is 2.42. The molecule has 0 fully saturated rings. The summed E-state index contributed by atoms with van der Waals surface area (Å²) in [4.78, 5) is 0. The third kappa shape index (κ3) is 9.40. The maximum atomic E-state index is 8.80. The molecule has 0 saturated heterocycles. The van der Waals surface area contributed by atoms with Crippen molar-refractivity contribution >= 4 is 5.69 Å². The fraction of sp³-hybridized carbons (Fsp3) is 0.600. The molecule has 1 unspecified atom stereocenters. The van der Waals surface area contributed by atoms with E-state index in [9.17, 15) is 0 Å². The molecular weight excluding hydrogens is 342 g/mol. The number of nitrogens with one attached hydrogen (secondary N) is 1. The van der Waals surface area contributed by atoms with Gasteiger partial charge in [0.05, 0.1) is 12.1 Å². The smallest absolute Gasteiger partial charge is 0.119 e. The molecule has 152 valence electrons. The van der Waals surface area contributed by atoms with Gasteiger partial charge in [0.25, 0.3) is 0 Å². The highest BCUT2D eigenvalue weighted by atomic mass is 16.5. The number of rotatable bonds is 13. The maximum absolute atomic E-state index is 8.80. The highest BCUT2D eigenvalue weighted by Crippen LogP contribution is 2.19. The van der Waals surface area contributed by atoms with Crippen LogP contribution in [0.3, 0.4) is 0 Å². The average molecular weight is 378 g/mol. The minimum absolute atomic E-state index is 0.00595. The number of hydrogen-bond acceptors (Lipinski definition) is 6. The molecule has 1 aromatic carbocycles. The Kier molecular flexibility index (Phi) is 9.82. The highest BCUT2D eigenvalue weighted by molar-refractivity contribution is 5.48. The summed E-state index contributed by atoms with van der Waals surface area (Å²) in [7, 11) is 1.92. The average Bonchev–Trinajstić information content (AvgIpc) is 2.62. The minimum Gasteiger partial charge on any atom is -0.491 e. The predicted octanol–water partition coefficient (Wildman–Crippen LogP) is 3.23. The number of aliphatic hydroxyl groups is 1. The van der Waals surface area contributed by atoms with Crippen LogP contribution in [-0.4, -0.2) is 55.0 Å². The van der Waals surface area contributed by atoms with Gasteiger partial charge in [-0.2, -0.15) is 5.11 Å². The molecule has 0 aliphatic heterocycles. The Hall–Kier alpha value is -2.12. The van der Waals surface area contributed by atoms with E-state index in [1.165, 1.54) is 0 Å². The molecule has 0 heterocycles. The molecular formula is C20H35N5O2. The third-order valence-electron chi connectivity index (χ3n) is 4.12. The van der Waals surface area contributed by atoms with E-state index in [0.29, 0.717) is 13.2 Å². The molecule has 0 radical (unpaired) electrons. The van der Waals surface area contributed by atoms with Crippen molar-refractivity contribution in [2.24, 2.45) is 16.1 Å². The van der Waals surface area contributed by atoms with Gasteiger partial charge in [-0.15, -0.1) is 0 Å². The number of anilines is 1. The lowest BCUT2D eigenvalue weighted by atomic mass is 10.0. The van der Waals surface area contributed by atoms with E-state index in [1.807, 2.05) is 57.1 Å². The minimum atomic E-state index is -0.241. The zero-order chi connectivity index (χ0) is 20.3. The van der Waals surface area contributed by atoms with Crippen LogP contribution in [0.4, 0.5) is 5.69 Å². The summed E-state index contributed by atoms with van der Waals surface area (Å²) in [6.07, 6.45) is 1.66. The van der Waals surface area contributed by atoms with E-state index in [2.05, 4.69) is 22.2 Å². The highest BCUT2D eigenvalue weighted by Gasteiger charge is 2.16. The molecule has 0 saturated carbocycles. The topological polar surface area (TPSA) is 95.5 Å². The van der Waals surface area contributed by atoms with Gasteiger partial charge in [0, 0.05) is 25.3 Å². The van der Waals surface area contributed by atoms with E-state index < -0.39 is 0 Å². The molecule has 0 spiro atoms. The van der Waals surface area contributed by atoms with E-state index in [0.717, 1.165) is 36.4 Å². The first kappa shape index (κ1) is 22.9. The van der Waals surface area contributed by atoms with E-state index >= 15 is 0 Å². The Balaban J connectivity index is 2.56. The fourth-order valence-electron chi connectivity index (χ4n) is 2.42. The maximum Gasteiger partial charge on any atom is 0.119 e. The van der Waals surface area contributed by atoms with Crippen LogP contribution in [0, 0.1) is 0 Å². The van der Waals surface area contributed by atoms with Crippen molar-refractivity contribution in [1.29, 1.82) is 0 Å². The second-order valence-electron chi connectivity index (χ2n) is 7.35. The summed E-state index contributed by atoms with van der Waals surface area (Å²) >= 11 is 0. The lowest BCUT2D eigenvalue weighted by molar-refractivity contribution is 0.201. The lowest BCUT2D eigenvalue weighted by Gasteiger charge is -2.23. The molecule has 7 heteroatoms. The molecule has 4 N–H and O–H groups in total. The Bertz CT molecular complexity index is 587. The first-order chi connectivity index (χ1) is 12.8. The summed E-state index contributed by atoms with van der Waals surface area (Å²) in [6.45, 7) is 11.8. The first-order valence-corrected chi connectivity index (χ1v) is 9.37. The van der Waals surface area contributed by atoms with Gasteiger partial charge in [0.15, 0.2) is 0 Å². The summed E-state index contributed by atoms with van der Waals surface area (Å²) in [6, 6.07) is 7.81. The molecule has 0 aromatic heterocycles. The third-order valence-corrected chi connectivity index (χ3v) is 4.12. The van der Waals surface area contributed by atoms with Crippen LogP contribution in [0.1, 0.15) is 33.6 Å². The van der Waals surface area contributed by atoms with Crippen LogP contribution in [0.5, 0.6) is 5.75 Å². The van der Waals surface area contributed by atoms with Crippen molar-refractivity contribution in [2.75, 3.05) is 38.7 Å². The van der Waals surface area contributed by atoms with Gasteiger partial charge in [-0.3, -0.25) is 5.01 Å². The monoisotopic (exact) mass is 377 g/mol. The normalized spacial score (nSPS) is 12.8. The molecule has 1 aromatic rings. The molecule has 0 aliphatic rings. The first-order valence-electron chi connectivity index (χ1n) is 9.37. The van der Waals surface area contributed by atoms with Gasteiger partial charge < -0.3 is 20.9 Å². The molecule has 1 rings (SSSR count). The van der Waals surface area contributed by atoms with Crippen LogP contribution in [0.2, 0.25) is 0 Å². The van der Waals surface area contributed by atoms with Crippen LogP contribution in [-0.2, 0) is 0 Å². The lowest BCUT2D eigenvalue weighted by Crippen LogP contribution is -2.27. The second-order valence-corrected chi connectivity index (χ2v) is 7.35. The molecule has 1 atom stereocenters. The molecule has 0 aliphatic carbocycles. The second kappa shape index (κ2) is 11.6. The van der Waals surface area contributed by atoms with Crippen molar-refractivity contribution in [3.8, 4) is 5.75 Å². The molecule has 7 nitrogen and oxygen atoms in total. The quantitative estimate of drug-likeness (QED) is 0.279. The number of aliphatic hydroxyl groups excluding tert-OH is 1. The van der Waals surface area contributed by atoms with Crippen LogP contribution >= 0.6 is 0 Å². The SMILES string of the molecule is C=C(C)C(CCN(C)/N=N\C(C)(C)CCN)Nc1ccc(OCCO)cc1. The van der Waals surface area contributed by atoms with E-state index in [-0.39, 0.29) is 18.2 Å². The standard InChI is InChI=1S/C20H35N5O2/c1-16(2)19(10-13-25(5)24-23-20(3,4)11-12-21)22-17-6-8-18(9-7-17)27-15-14-26/h6-9,19,22,26H,1,10-15,21H2,2-5H3/b24-23-. The Morgan fingerprint density at radius 2 is 2.04 bits per heavy atom. The van der Waals surface area contributed by atoms with Crippen molar-refractivity contribution < 1.29 is 9.84 Å². The van der Waals surface area contributed by atoms with Gasteiger partial charge >= 0.3 is 0 Å². The van der Waals surface area contributed by atoms with Crippen molar-refractivity contribution in [3.63, 3.8) is 0 Å². The van der Waals surface area contributed by atoms with Crippen molar-refractivity contribution in [1.82, 2.24) is 5.01 Å². The van der Waals surface area contributed by atoms with Crippen LogP contribution in [0.15, 0.2) is 46.8 Å². The Labute approximate surface area is 163 Å². The van der Waals surface area contributed by atoms with Gasteiger partial charge in [0.1, 0.15) is 12.4 Å². The number of benzene rings is 1. The number of nitrogens with zero attached hydrogens (tertiary/aromatic N) is 3. The Morgan fingerprint density at radius 3 is 2.59 bits per heavy atom. The number of hydrogen-bond donors (Lipinski definition) is 3. The van der Waals surface area contributed by atoms with Crippen molar-refractivity contribution in [3.05, 3.63) is 36.4 Å². The molecule has 0 bridgehead atoms. The van der Waals surface area contributed by atoms with E-state index in [4.69, 9.17) is 15.6 Å². The summed E-state index contributed by atoms with van der Waals surface area (Å²) in [5, 5.41) is 22.8. The van der Waals surface area contributed by atoms with Gasteiger partial charge in [-0.05, 0) is 64.4 Å². The van der Waals surface area contributed by atoms with Crippen LogP contribution in [0.25, 0.3) is 0 Å². The van der Waals surface area contributed by atoms with Gasteiger partial charge in [0.2, 0.25) is 0 Å². The van der Waals surface area contributed by atoms with Gasteiger partial charge in [-0.1, -0.05) is 17.4 Å². The predicted molar refractivity (Wildman–Crippen MR) is 111 cm³/mol. The van der Waals surface area contributed by atoms with Gasteiger partial charge in [-0.25, -0.2) is 0 Å². The summed E-state index contributed by atoms with van der Waals surface area (Å²) < 4.78 is 5.38. The van der Waals surface area contributed by atoms with E-state index in [1.54, 1.807) is 0 Å². The van der Waals surface area contributed by atoms with Crippen LogP contribution < -0.4 is 15.8 Å². The van der Waals surface area contributed by atoms with Crippen molar-refractivity contribution in [2.45, 2.75) is 45.2 Å². The number of nitrogens with two attached hydrogens (primary N) is 1. The Morgan fingerprint density at radius 1 is 1.37 bits per heavy atom. The zero-order valence-corrected chi connectivity index (χ0v) is 17.1. The zero-order valence-electron chi connectivity index (χ0n) is 17.1. The summed E-state index contributed by atoms with van der Waals surface area (Å²) in [5.74, 6) is 0.738.